The van der Waals surface area contributed by atoms with Crippen molar-refractivity contribution in [3.63, 3.8) is 0 Å². The number of aromatic nitrogens is 1. The number of aliphatic hydroxyl groups is 1. The number of rotatable bonds is 1. The van der Waals surface area contributed by atoms with Gasteiger partial charge in [0.05, 0.1) is 6.10 Å². The van der Waals surface area contributed by atoms with Crippen LogP contribution in [0.4, 0.5) is 0 Å². The highest BCUT2D eigenvalue weighted by Gasteiger charge is 2.33. The van der Waals surface area contributed by atoms with Crippen molar-refractivity contribution in [1.82, 2.24) is 4.57 Å². The van der Waals surface area contributed by atoms with Crippen LogP contribution >= 0.6 is 15.9 Å². The minimum Gasteiger partial charge on any atom is -0.388 e. The van der Waals surface area contributed by atoms with Crippen LogP contribution in [0.1, 0.15) is 37.6 Å². The van der Waals surface area contributed by atoms with Gasteiger partial charge in [-0.05, 0) is 48.6 Å². The van der Waals surface area contributed by atoms with Crippen molar-refractivity contribution in [2.45, 2.75) is 32.8 Å². The van der Waals surface area contributed by atoms with Crippen LogP contribution in [0.2, 0.25) is 0 Å². The van der Waals surface area contributed by atoms with E-state index in [0.717, 1.165) is 28.6 Å². The molecule has 19 heavy (non-hydrogen) atoms. The molecule has 0 bridgehead atoms. The van der Waals surface area contributed by atoms with Gasteiger partial charge in [0.2, 0.25) is 0 Å². The van der Waals surface area contributed by atoms with E-state index < -0.39 is 0 Å². The zero-order chi connectivity index (χ0) is 13.6. The topological polar surface area (TPSA) is 25.2 Å². The number of hydrogen-bond acceptors (Lipinski definition) is 1. The van der Waals surface area contributed by atoms with Crippen LogP contribution in [-0.2, 0) is 6.42 Å². The minimum absolute atomic E-state index is 0.151. The van der Waals surface area contributed by atoms with Crippen LogP contribution < -0.4 is 0 Å². The van der Waals surface area contributed by atoms with E-state index in [4.69, 9.17) is 0 Å². The monoisotopic (exact) mass is 319 g/mol. The maximum atomic E-state index is 10.3. The largest absolute Gasteiger partial charge is 0.388 e. The number of fused-ring (bicyclic) bond motifs is 1. The molecule has 0 spiro atoms. The van der Waals surface area contributed by atoms with E-state index in [9.17, 15) is 5.11 Å². The van der Waals surface area contributed by atoms with Crippen molar-refractivity contribution >= 4 is 15.9 Å². The van der Waals surface area contributed by atoms with Crippen molar-refractivity contribution in [1.29, 1.82) is 0 Å². The van der Waals surface area contributed by atoms with Gasteiger partial charge >= 0.3 is 0 Å². The zero-order valence-electron chi connectivity index (χ0n) is 11.2. The summed E-state index contributed by atoms with van der Waals surface area (Å²) in [6.45, 7) is 4.44. The van der Waals surface area contributed by atoms with Crippen molar-refractivity contribution in [2.24, 2.45) is 5.41 Å². The summed E-state index contributed by atoms with van der Waals surface area (Å²) in [5.41, 5.74) is 3.63. The van der Waals surface area contributed by atoms with Crippen LogP contribution in [0.5, 0.6) is 0 Å². The van der Waals surface area contributed by atoms with Crippen LogP contribution in [0.15, 0.2) is 41.0 Å². The molecule has 1 unspecified atom stereocenters. The highest BCUT2D eigenvalue weighted by molar-refractivity contribution is 9.10. The molecule has 0 aliphatic heterocycles. The molecule has 0 radical (unpaired) electrons. The highest BCUT2D eigenvalue weighted by atomic mass is 79.9. The van der Waals surface area contributed by atoms with E-state index in [2.05, 4.69) is 58.7 Å². The second-order valence-corrected chi connectivity index (χ2v) is 7.04. The minimum atomic E-state index is -0.338. The highest BCUT2D eigenvalue weighted by Crippen LogP contribution is 2.41. The number of halogens is 1. The lowest BCUT2D eigenvalue weighted by molar-refractivity contribution is 0.0987. The molecule has 2 aromatic rings. The van der Waals surface area contributed by atoms with Gasteiger partial charge in [0.15, 0.2) is 0 Å². The SMILES string of the molecule is CC1(C)Cc2c(ccn2-c2ccc(Br)cc2)C(O)C1. The molecular weight excluding hydrogens is 302 g/mol. The fourth-order valence-corrected chi connectivity index (χ4v) is 3.24. The summed E-state index contributed by atoms with van der Waals surface area (Å²) in [6.07, 6.45) is 3.57. The van der Waals surface area contributed by atoms with Gasteiger partial charge in [-0.1, -0.05) is 29.8 Å². The van der Waals surface area contributed by atoms with Gasteiger partial charge in [-0.15, -0.1) is 0 Å². The standard InChI is InChI=1S/C16H18BrNO/c1-16(2)9-14-13(15(19)10-16)7-8-18(14)12-5-3-11(17)4-6-12/h3-8,15,19H,9-10H2,1-2H3. The second-order valence-electron chi connectivity index (χ2n) is 6.13. The lowest BCUT2D eigenvalue weighted by atomic mass is 9.75. The predicted molar refractivity (Wildman–Crippen MR) is 80.5 cm³/mol. The second kappa shape index (κ2) is 4.50. The molecule has 3 rings (SSSR count). The number of benzene rings is 1. The Bertz CT molecular complexity index is 598. The first kappa shape index (κ1) is 12.9. The Balaban J connectivity index is 2.08. The Morgan fingerprint density at radius 2 is 1.89 bits per heavy atom. The van der Waals surface area contributed by atoms with Crippen LogP contribution in [-0.4, -0.2) is 9.67 Å². The molecule has 1 heterocycles. The van der Waals surface area contributed by atoms with Crippen LogP contribution in [0.25, 0.3) is 5.69 Å². The van der Waals surface area contributed by atoms with Gasteiger partial charge in [0, 0.05) is 27.6 Å². The molecule has 0 saturated carbocycles. The van der Waals surface area contributed by atoms with Gasteiger partial charge < -0.3 is 9.67 Å². The number of aliphatic hydroxyl groups excluding tert-OH is 1. The fourth-order valence-electron chi connectivity index (χ4n) is 2.97. The molecule has 1 aromatic heterocycles. The predicted octanol–water partition coefficient (Wildman–Crippen LogP) is 4.25. The summed E-state index contributed by atoms with van der Waals surface area (Å²) in [5.74, 6) is 0. The first-order valence-electron chi connectivity index (χ1n) is 6.60. The van der Waals surface area contributed by atoms with Crippen LogP contribution in [0.3, 0.4) is 0 Å². The average Bonchev–Trinajstić information content (AvgIpc) is 2.72. The Morgan fingerprint density at radius 3 is 2.58 bits per heavy atom. The van der Waals surface area contributed by atoms with Gasteiger partial charge in [0.1, 0.15) is 0 Å². The van der Waals surface area contributed by atoms with E-state index in [-0.39, 0.29) is 11.5 Å². The Hall–Kier alpha value is -1.06. The molecule has 1 aliphatic rings. The molecule has 1 aliphatic carbocycles. The quantitative estimate of drug-likeness (QED) is 0.835. The van der Waals surface area contributed by atoms with Crippen molar-refractivity contribution in [3.05, 3.63) is 52.3 Å². The smallest absolute Gasteiger partial charge is 0.0812 e. The lowest BCUT2D eigenvalue weighted by Gasteiger charge is -2.33. The molecule has 0 amide bonds. The van der Waals surface area contributed by atoms with E-state index in [0.29, 0.717) is 0 Å². The Labute approximate surface area is 122 Å². The van der Waals surface area contributed by atoms with E-state index in [1.807, 2.05) is 12.1 Å². The number of hydrogen-bond donors (Lipinski definition) is 1. The summed E-state index contributed by atoms with van der Waals surface area (Å²) in [7, 11) is 0. The molecule has 0 fully saturated rings. The molecule has 1 atom stereocenters. The molecule has 1 N–H and O–H groups in total. The molecular formula is C16H18BrNO. The number of nitrogens with zero attached hydrogens (tertiary/aromatic N) is 1. The lowest BCUT2D eigenvalue weighted by Crippen LogP contribution is -2.26. The third-order valence-electron chi connectivity index (χ3n) is 3.88. The maximum absolute atomic E-state index is 10.3. The van der Waals surface area contributed by atoms with E-state index >= 15 is 0 Å². The summed E-state index contributed by atoms with van der Waals surface area (Å²) < 4.78 is 3.28. The first-order valence-corrected chi connectivity index (χ1v) is 7.40. The molecule has 1 aromatic carbocycles. The molecule has 0 saturated heterocycles. The summed E-state index contributed by atoms with van der Waals surface area (Å²) in [4.78, 5) is 0. The summed E-state index contributed by atoms with van der Waals surface area (Å²) in [5, 5.41) is 10.3. The Kier molecular flexibility index (Phi) is 3.06. The third-order valence-corrected chi connectivity index (χ3v) is 4.41. The summed E-state index contributed by atoms with van der Waals surface area (Å²) in [6, 6.07) is 10.3. The molecule has 2 nitrogen and oxygen atoms in total. The molecule has 100 valence electrons. The Morgan fingerprint density at radius 1 is 1.21 bits per heavy atom. The van der Waals surface area contributed by atoms with Gasteiger partial charge in [-0.2, -0.15) is 0 Å². The van der Waals surface area contributed by atoms with Crippen LogP contribution in [0, 0.1) is 5.41 Å². The van der Waals surface area contributed by atoms with Crippen molar-refractivity contribution < 1.29 is 5.11 Å². The van der Waals surface area contributed by atoms with Crippen molar-refractivity contribution in [3.8, 4) is 5.69 Å². The fraction of sp³-hybridized carbons (Fsp3) is 0.375. The average molecular weight is 320 g/mol. The normalized spacial score (nSPS) is 21.2. The zero-order valence-corrected chi connectivity index (χ0v) is 12.8. The summed E-state index contributed by atoms with van der Waals surface area (Å²) >= 11 is 3.46. The van der Waals surface area contributed by atoms with Gasteiger partial charge in [-0.3, -0.25) is 0 Å². The molecule has 3 heteroatoms. The van der Waals surface area contributed by atoms with E-state index in [1.54, 1.807) is 0 Å². The van der Waals surface area contributed by atoms with Gasteiger partial charge in [0.25, 0.3) is 0 Å². The first-order chi connectivity index (χ1) is 8.96. The van der Waals surface area contributed by atoms with Crippen molar-refractivity contribution in [2.75, 3.05) is 0 Å². The van der Waals surface area contributed by atoms with Gasteiger partial charge in [-0.25, -0.2) is 0 Å². The third kappa shape index (κ3) is 2.37. The van der Waals surface area contributed by atoms with E-state index in [1.165, 1.54) is 5.69 Å². The maximum Gasteiger partial charge on any atom is 0.0812 e.